The molecule has 0 fully saturated rings. The van der Waals surface area contributed by atoms with Crippen molar-refractivity contribution in [1.82, 2.24) is 15.5 Å². The maximum absolute atomic E-state index is 11.8. The fourth-order valence-corrected chi connectivity index (χ4v) is 2.07. The molecular weight excluding hydrogens is 302 g/mol. The highest BCUT2D eigenvalue weighted by atomic mass is 35.5. The number of carbonyl (C=O) groups is 1. The molecule has 0 aliphatic rings. The predicted molar refractivity (Wildman–Crippen MR) is 85.4 cm³/mol. The Morgan fingerprint density at radius 3 is 2.73 bits per heavy atom. The van der Waals surface area contributed by atoms with Gasteiger partial charge in [0.2, 0.25) is 17.6 Å². The summed E-state index contributed by atoms with van der Waals surface area (Å²) in [5, 5.41) is 7.35. The predicted octanol–water partition coefficient (Wildman–Crippen LogP) is 3.75. The van der Waals surface area contributed by atoms with Crippen molar-refractivity contribution < 1.29 is 9.32 Å². The number of hydrogen-bond acceptors (Lipinski definition) is 4. The molecule has 0 spiro atoms. The van der Waals surface area contributed by atoms with E-state index in [1.807, 2.05) is 39.8 Å². The van der Waals surface area contributed by atoms with Crippen molar-refractivity contribution in [3.8, 4) is 11.4 Å². The first kappa shape index (κ1) is 16.5. The highest BCUT2D eigenvalue weighted by Crippen LogP contribution is 2.23. The molecule has 6 heteroatoms. The molecule has 22 heavy (non-hydrogen) atoms. The van der Waals surface area contributed by atoms with Gasteiger partial charge in [-0.15, -0.1) is 0 Å². The van der Waals surface area contributed by atoms with Gasteiger partial charge in [-0.3, -0.25) is 4.79 Å². The number of aromatic nitrogens is 2. The van der Waals surface area contributed by atoms with Crippen LogP contribution in [0.5, 0.6) is 0 Å². The zero-order valence-corrected chi connectivity index (χ0v) is 14.0. The lowest BCUT2D eigenvalue weighted by Crippen LogP contribution is -2.27. The van der Waals surface area contributed by atoms with Gasteiger partial charge >= 0.3 is 0 Å². The molecule has 0 aliphatic heterocycles. The first-order valence-corrected chi connectivity index (χ1v) is 7.48. The van der Waals surface area contributed by atoms with Crippen LogP contribution in [0.3, 0.4) is 0 Å². The largest absolute Gasteiger partial charge is 0.347 e. The molecule has 1 heterocycles. The molecule has 0 bridgehead atoms. The SMILES string of the molecule is Cc1ccc(-c2noc(CNC(=O)CC(C)(C)C)n2)cc1Cl. The lowest BCUT2D eigenvalue weighted by atomic mass is 9.92. The Morgan fingerprint density at radius 2 is 2.09 bits per heavy atom. The van der Waals surface area contributed by atoms with Crippen LogP contribution in [0, 0.1) is 12.3 Å². The van der Waals surface area contributed by atoms with Gasteiger partial charge in [0.25, 0.3) is 0 Å². The van der Waals surface area contributed by atoms with E-state index in [0.29, 0.717) is 23.2 Å². The van der Waals surface area contributed by atoms with Gasteiger partial charge in [-0.05, 0) is 24.0 Å². The molecule has 0 radical (unpaired) electrons. The van der Waals surface area contributed by atoms with Gasteiger partial charge in [0, 0.05) is 17.0 Å². The summed E-state index contributed by atoms with van der Waals surface area (Å²) in [5.74, 6) is 0.793. The van der Waals surface area contributed by atoms with Gasteiger partial charge in [-0.1, -0.05) is 49.7 Å². The van der Waals surface area contributed by atoms with E-state index in [-0.39, 0.29) is 17.9 Å². The van der Waals surface area contributed by atoms with Crippen molar-refractivity contribution in [2.75, 3.05) is 0 Å². The number of benzene rings is 1. The summed E-state index contributed by atoms with van der Waals surface area (Å²) in [6.45, 7) is 8.19. The molecule has 0 aliphatic carbocycles. The number of amides is 1. The Balaban J connectivity index is 1.99. The third-order valence-corrected chi connectivity index (χ3v) is 3.43. The van der Waals surface area contributed by atoms with Crippen LogP contribution in [0.25, 0.3) is 11.4 Å². The van der Waals surface area contributed by atoms with Crippen LogP contribution >= 0.6 is 11.6 Å². The summed E-state index contributed by atoms with van der Waals surface area (Å²) in [4.78, 5) is 16.0. The average molecular weight is 322 g/mol. The van der Waals surface area contributed by atoms with Gasteiger partial charge in [0.15, 0.2) is 0 Å². The number of hydrogen-bond donors (Lipinski definition) is 1. The Kier molecular flexibility index (Phi) is 4.86. The number of halogens is 1. The third kappa shape index (κ3) is 4.56. The Morgan fingerprint density at radius 1 is 1.36 bits per heavy atom. The van der Waals surface area contributed by atoms with Gasteiger partial charge in [-0.25, -0.2) is 0 Å². The van der Waals surface area contributed by atoms with Crippen molar-refractivity contribution in [1.29, 1.82) is 0 Å². The minimum Gasteiger partial charge on any atom is -0.347 e. The van der Waals surface area contributed by atoms with Gasteiger partial charge < -0.3 is 9.84 Å². The number of carbonyl (C=O) groups excluding carboxylic acids is 1. The van der Waals surface area contributed by atoms with Crippen LogP contribution in [-0.4, -0.2) is 16.0 Å². The summed E-state index contributed by atoms with van der Waals surface area (Å²) in [5.41, 5.74) is 1.72. The average Bonchev–Trinajstić information content (AvgIpc) is 2.86. The second-order valence-electron chi connectivity index (χ2n) is 6.49. The van der Waals surface area contributed by atoms with Gasteiger partial charge in [0.05, 0.1) is 6.54 Å². The minimum atomic E-state index is -0.0528. The van der Waals surface area contributed by atoms with Crippen molar-refractivity contribution in [3.05, 3.63) is 34.7 Å². The number of nitrogens with one attached hydrogen (secondary N) is 1. The third-order valence-electron chi connectivity index (χ3n) is 3.03. The topological polar surface area (TPSA) is 68.0 Å². The molecule has 118 valence electrons. The standard InChI is InChI=1S/C16H20ClN3O2/c1-10-5-6-11(7-12(10)17)15-19-14(22-20-15)9-18-13(21)8-16(2,3)4/h5-7H,8-9H2,1-4H3,(H,18,21). The monoisotopic (exact) mass is 321 g/mol. The van der Waals surface area contributed by atoms with Crippen LogP contribution in [0.4, 0.5) is 0 Å². The summed E-state index contributed by atoms with van der Waals surface area (Å²) >= 11 is 6.09. The quantitative estimate of drug-likeness (QED) is 0.931. The first-order chi connectivity index (χ1) is 10.2. The zero-order chi connectivity index (χ0) is 16.3. The van der Waals surface area contributed by atoms with Crippen LogP contribution in [-0.2, 0) is 11.3 Å². The molecule has 1 aromatic heterocycles. The molecule has 5 nitrogen and oxygen atoms in total. The fourth-order valence-electron chi connectivity index (χ4n) is 1.89. The maximum Gasteiger partial charge on any atom is 0.246 e. The first-order valence-electron chi connectivity index (χ1n) is 7.10. The van der Waals surface area contributed by atoms with E-state index in [2.05, 4.69) is 15.5 Å². The molecule has 0 unspecified atom stereocenters. The van der Waals surface area contributed by atoms with E-state index in [4.69, 9.17) is 16.1 Å². The normalized spacial score (nSPS) is 11.5. The fraction of sp³-hybridized carbons (Fsp3) is 0.438. The number of nitrogens with zero attached hydrogens (tertiary/aromatic N) is 2. The zero-order valence-electron chi connectivity index (χ0n) is 13.2. The van der Waals surface area contributed by atoms with Crippen LogP contribution in [0.15, 0.2) is 22.7 Å². The summed E-state index contributed by atoms with van der Waals surface area (Å²) < 4.78 is 5.15. The molecule has 2 rings (SSSR count). The van der Waals surface area contributed by atoms with Crippen LogP contribution in [0.2, 0.25) is 5.02 Å². The maximum atomic E-state index is 11.8. The van der Waals surface area contributed by atoms with Crippen LogP contribution in [0.1, 0.15) is 38.6 Å². The van der Waals surface area contributed by atoms with Crippen molar-refractivity contribution in [2.24, 2.45) is 5.41 Å². The van der Waals surface area contributed by atoms with Gasteiger partial charge in [0.1, 0.15) is 0 Å². The molecular formula is C16H20ClN3O2. The highest BCUT2D eigenvalue weighted by molar-refractivity contribution is 6.31. The Labute approximate surface area is 135 Å². The number of rotatable bonds is 4. The smallest absolute Gasteiger partial charge is 0.246 e. The van der Waals surface area contributed by atoms with Crippen molar-refractivity contribution in [2.45, 2.75) is 40.7 Å². The second kappa shape index (κ2) is 6.48. The lowest BCUT2D eigenvalue weighted by Gasteiger charge is -2.16. The molecule has 0 atom stereocenters. The lowest BCUT2D eigenvalue weighted by molar-refractivity contribution is -0.123. The van der Waals surface area contributed by atoms with Gasteiger partial charge in [-0.2, -0.15) is 4.98 Å². The molecule has 1 amide bonds. The number of aryl methyl sites for hydroxylation is 1. The van der Waals surface area contributed by atoms with E-state index in [1.54, 1.807) is 6.07 Å². The van der Waals surface area contributed by atoms with E-state index < -0.39 is 0 Å². The summed E-state index contributed by atoms with van der Waals surface area (Å²) in [6, 6.07) is 5.58. The second-order valence-corrected chi connectivity index (χ2v) is 6.90. The Hall–Kier alpha value is -1.88. The highest BCUT2D eigenvalue weighted by Gasteiger charge is 2.16. The molecule has 2 aromatic rings. The van der Waals surface area contributed by atoms with Crippen molar-refractivity contribution in [3.63, 3.8) is 0 Å². The van der Waals surface area contributed by atoms with E-state index >= 15 is 0 Å². The van der Waals surface area contributed by atoms with E-state index in [9.17, 15) is 4.79 Å². The van der Waals surface area contributed by atoms with Crippen LogP contribution < -0.4 is 5.32 Å². The van der Waals surface area contributed by atoms with Crippen molar-refractivity contribution >= 4 is 17.5 Å². The summed E-state index contributed by atoms with van der Waals surface area (Å²) in [7, 11) is 0. The van der Waals surface area contributed by atoms with E-state index in [0.717, 1.165) is 11.1 Å². The molecule has 0 saturated heterocycles. The molecule has 1 aromatic carbocycles. The van der Waals surface area contributed by atoms with E-state index in [1.165, 1.54) is 0 Å². The Bertz CT molecular complexity index is 674. The molecule has 1 N–H and O–H groups in total. The summed E-state index contributed by atoms with van der Waals surface area (Å²) in [6.07, 6.45) is 0.446. The molecule has 0 saturated carbocycles. The minimum absolute atomic E-state index is 0.0365.